The van der Waals surface area contributed by atoms with Crippen molar-refractivity contribution in [3.8, 4) is 0 Å². The van der Waals surface area contributed by atoms with Gasteiger partial charge in [0.05, 0.1) is 5.02 Å². The van der Waals surface area contributed by atoms with Crippen LogP contribution in [0.4, 0.5) is 0 Å². The molecular weight excluding hydrogens is 184 g/mol. The van der Waals surface area contributed by atoms with Gasteiger partial charge in [-0.1, -0.05) is 25.4 Å². The summed E-state index contributed by atoms with van der Waals surface area (Å²) in [5.41, 5.74) is 6.70. The van der Waals surface area contributed by atoms with Crippen LogP contribution in [0.5, 0.6) is 0 Å². The van der Waals surface area contributed by atoms with Crippen molar-refractivity contribution in [1.82, 2.24) is 4.98 Å². The first-order valence-corrected chi connectivity index (χ1v) is 4.76. The van der Waals surface area contributed by atoms with Crippen LogP contribution in [0.25, 0.3) is 0 Å². The molecule has 0 aliphatic heterocycles. The van der Waals surface area contributed by atoms with Gasteiger partial charge in [-0.2, -0.15) is 0 Å². The smallest absolute Gasteiger partial charge is 0.0626 e. The van der Waals surface area contributed by atoms with Crippen molar-refractivity contribution >= 4 is 11.6 Å². The summed E-state index contributed by atoms with van der Waals surface area (Å²) in [6, 6.07) is 1.96. The number of aromatic nitrogens is 1. The van der Waals surface area contributed by atoms with Gasteiger partial charge in [-0.05, 0) is 30.0 Å². The van der Waals surface area contributed by atoms with E-state index in [4.69, 9.17) is 17.3 Å². The Morgan fingerprint density at radius 1 is 1.54 bits per heavy atom. The first kappa shape index (κ1) is 10.5. The summed E-state index contributed by atoms with van der Waals surface area (Å²) < 4.78 is 0. The van der Waals surface area contributed by atoms with Crippen molar-refractivity contribution in [3.63, 3.8) is 0 Å². The van der Waals surface area contributed by atoms with E-state index in [1.54, 1.807) is 12.4 Å². The van der Waals surface area contributed by atoms with Crippen molar-refractivity contribution < 1.29 is 0 Å². The summed E-state index contributed by atoms with van der Waals surface area (Å²) in [5, 5.41) is 0.723. The van der Waals surface area contributed by atoms with Crippen LogP contribution in [0, 0.1) is 0 Å². The highest BCUT2D eigenvalue weighted by Gasteiger charge is 2.21. The molecule has 1 aromatic heterocycles. The Kier molecular flexibility index (Phi) is 3.28. The zero-order valence-electron chi connectivity index (χ0n) is 8.05. The summed E-state index contributed by atoms with van der Waals surface area (Å²) in [6.07, 6.45) is 4.37. The molecule has 72 valence electrons. The standard InChI is InChI=1S/C10H15ClN2/c1-10(2,4-5-12)8-3-6-13-7-9(8)11/h3,6-7H,4-5,12H2,1-2H3. The first-order valence-electron chi connectivity index (χ1n) is 4.38. The molecule has 2 nitrogen and oxygen atoms in total. The Hall–Kier alpha value is -0.600. The van der Waals surface area contributed by atoms with E-state index in [-0.39, 0.29) is 5.41 Å². The Balaban J connectivity index is 2.99. The van der Waals surface area contributed by atoms with Crippen LogP contribution in [0.1, 0.15) is 25.8 Å². The van der Waals surface area contributed by atoms with Crippen molar-refractivity contribution in [2.75, 3.05) is 6.54 Å². The second-order valence-corrected chi connectivity index (χ2v) is 4.19. The number of nitrogens with zero attached hydrogens (tertiary/aromatic N) is 1. The van der Waals surface area contributed by atoms with Gasteiger partial charge in [0, 0.05) is 12.4 Å². The number of pyridine rings is 1. The summed E-state index contributed by atoms with van der Waals surface area (Å²) in [6.45, 7) is 4.95. The molecule has 0 spiro atoms. The molecule has 0 unspecified atom stereocenters. The van der Waals surface area contributed by atoms with E-state index in [0.29, 0.717) is 6.54 Å². The van der Waals surface area contributed by atoms with Gasteiger partial charge in [-0.25, -0.2) is 0 Å². The summed E-state index contributed by atoms with van der Waals surface area (Å²) >= 11 is 6.04. The molecule has 3 heteroatoms. The number of rotatable bonds is 3. The third-order valence-corrected chi connectivity index (χ3v) is 2.57. The number of hydrogen-bond acceptors (Lipinski definition) is 2. The van der Waals surface area contributed by atoms with Crippen LogP contribution in [-0.2, 0) is 5.41 Å². The van der Waals surface area contributed by atoms with E-state index < -0.39 is 0 Å². The number of hydrogen-bond donors (Lipinski definition) is 1. The maximum absolute atomic E-state index is 6.04. The largest absolute Gasteiger partial charge is 0.330 e. The van der Waals surface area contributed by atoms with Gasteiger partial charge in [0.15, 0.2) is 0 Å². The molecule has 0 aliphatic rings. The van der Waals surface area contributed by atoms with Crippen molar-refractivity contribution in [2.45, 2.75) is 25.7 Å². The van der Waals surface area contributed by atoms with Gasteiger partial charge in [0.25, 0.3) is 0 Å². The monoisotopic (exact) mass is 198 g/mol. The quantitative estimate of drug-likeness (QED) is 0.810. The van der Waals surface area contributed by atoms with E-state index in [1.165, 1.54) is 0 Å². The lowest BCUT2D eigenvalue weighted by molar-refractivity contribution is 0.487. The third kappa shape index (κ3) is 2.42. The molecule has 0 aliphatic carbocycles. The molecule has 0 saturated carbocycles. The zero-order chi connectivity index (χ0) is 9.90. The average molecular weight is 199 g/mol. The molecule has 0 atom stereocenters. The highest BCUT2D eigenvalue weighted by Crippen LogP contribution is 2.31. The van der Waals surface area contributed by atoms with Crippen LogP contribution < -0.4 is 5.73 Å². The minimum absolute atomic E-state index is 0.0365. The molecule has 0 aromatic carbocycles. The highest BCUT2D eigenvalue weighted by atomic mass is 35.5. The van der Waals surface area contributed by atoms with Crippen molar-refractivity contribution in [2.24, 2.45) is 5.73 Å². The molecule has 0 radical (unpaired) electrons. The van der Waals surface area contributed by atoms with Gasteiger partial charge in [-0.15, -0.1) is 0 Å². The van der Waals surface area contributed by atoms with Gasteiger partial charge < -0.3 is 5.73 Å². The minimum Gasteiger partial charge on any atom is -0.330 e. The van der Waals surface area contributed by atoms with Crippen LogP contribution >= 0.6 is 11.6 Å². The first-order chi connectivity index (χ1) is 6.08. The van der Waals surface area contributed by atoms with Crippen LogP contribution in [0.2, 0.25) is 5.02 Å². The second kappa shape index (κ2) is 4.07. The van der Waals surface area contributed by atoms with E-state index in [1.807, 2.05) is 6.07 Å². The fourth-order valence-corrected chi connectivity index (χ4v) is 1.79. The molecule has 13 heavy (non-hydrogen) atoms. The lowest BCUT2D eigenvalue weighted by atomic mass is 9.82. The summed E-state index contributed by atoms with van der Waals surface area (Å²) in [5.74, 6) is 0. The Morgan fingerprint density at radius 3 is 2.77 bits per heavy atom. The normalized spacial score (nSPS) is 11.7. The molecule has 1 heterocycles. The Morgan fingerprint density at radius 2 is 2.23 bits per heavy atom. The molecule has 1 aromatic rings. The van der Waals surface area contributed by atoms with E-state index in [9.17, 15) is 0 Å². The predicted octanol–water partition coefficient (Wildman–Crippen LogP) is 2.36. The predicted molar refractivity (Wildman–Crippen MR) is 55.9 cm³/mol. The number of nitrogens with two attached hydrogens (primary N) is 1. The lowest BCUT2D eigenvalue weighted by Crippen LogP contribution is -2.22. The maximum Gasteiger partial charge on any atom is 0.0626 e. The Labute approximate surface area is 84.1 Å². The molecular formula is C10H15ClN2. The fourth-order valence-electron chi connectivity index (χ4n) is 1.42. The summed E-state index contributed by atoms with van der Waals surface area (Å²) in [4.78, 5) is 3.96. The van der Waals surface area contributed by atoms with E-state index in [2.05, 4.69) is 18.8 Å². The van der Waals surface area contributed by atoms with Crippen molar-refractivity contribution in [1.29, 1.82) is 0 Å². The zero-order valence-corrected chi connectivity index (χ0v) is 8.80. The van der Waals surface area contributed by atoms with E-state index in [0.717, 1.165) is 17.0 Å². The van der Waals surface area contributed by atoms with Gasteiger partial charge in [-0.3, -0.25) is 4.98 Å². The van der Waals surface area contributed by atoms with Gasteiger partial charge in [0.2, 0.25) is 0 Å². The van der Waals surface area contributed by atoms with Gasteiger partial charge >= 0.3 is 0 Å². The molecule has 2 N–H and O–H groups in total. The fraction of sp³-hybridized carbons (Fsp3) is 0.500. The Bertz CT molecular complexity index is 284. The third-order valence-electron chi connectivity index (χ3n) is 2.27. The van der Waals surface area contributed by atoms with Crippen LogP contribution in [0.15, 0.2) is 18.5 Å². The molecule has 1 rings (SSSR count). The SMILES string of the molecule is CC(C)(CCN)c1ccncc1Cl. The van der Waals surface area contributed by atoms with Gasteiger partial charge in [0.1, 0.15) is 0 Å². The van der Waals surface area contributed by atoms with Crippen LogP contribution in [0.3, 0.4) is 0 Å². The molecule has 0 bridgehead atoms. The summed E-state index contributed by atoms with van der Waals surface area (Å²) in [7, 11) is 0. The number of halogens is 1. The van der Waals surface area contributed by atoms with Crippen molar-refractivity contribution in [3.05, 3.63) is 29.0 Å². The van der Waals surface area contributed by atoms with Crippen LogP contribution in [-0.4, -0.2) is 11.5 Å². The molecule has 0 amide bonds. The highest BCUT2D eigenvalue weighted by molar-refractivity contribution is 6.31. The maximum atomic E-state index is 6.04. The second-order valence-electron chi connectivity index (χ2n) is 3.78. The minimum atomic E-state index is 0.0365. The lowest BCUT2D eigenvalue weighted by Gasteiger charge is -2.25. The topological polar surface area (TPSA) is 38.9 Å². The molecule has 0 saturated heterocycles. The average Bonchev–Trinajstić information content (AvgIpc) is 2.04. The molecule has 0 fully saturated rings. The van der Waals surface area contributed by atoms with E-state index >= 15 is 0 Å².